The number of allylic oxidation sites excluding steroid dienone is 4. The molecule has 0 saturated carbocycles. The Morgan fingerprint density at radius 2 is 1.39 bits per heavy atom. The molecule has 0 aromatic carbocycles. The number of carbonyl (C=O) groups is 3. The van der Waals surface area contributed by atoms with E-state index < -0.39 is 30.3 Å². The summed E-state index contributed by atoms with van der Waals surface area (Å²) in [4.78, 5) is 33.2. The van der Waals surface area contributed by atoms with Crippen LogP contribution in [0.3, 0.4) is 0 Å². The van der Waals surface area contributed by atoms with Crippen molar-refractivity contribution in [3.63, 3.8) is 0 Å². The van der Waals surface area contributed by atoms with Crippen molar-refractivity contribution in [3.05, 3.63) is 24.3 Å². The van der Waals surface area contributed by atoms with E-state index in [9.17, 15) is 14.4 Å². The lowest BCUT2D eigenvalue weighted by atomic mass is 10.1. The Hall–Kier alpha value is -2.11. The van der Waals surface area contributed by atoms with Crippen LogP contribution in [0.1, 0.15) is 90.4 Å². The first-order chi connectivity index (χ1) is 13.5. The second kappa shape index (κ2) is 18.3. The van der Waals surface area contributed by atoms with Gasteiger partial charge in [0, 0.05) is 6.42 Å². The van der Waals surface area contributed by atoms with Gasteiger partial charge in [-0.3, -0.25) is 9.59 Å². The molecule has 6 nitrogen and oxygen atoms in total. The third-order valence-corrected chi connectivity index (χ3v) is 4.37. The fourth-order valence-corrected chi connectivity index (χ4v) is 2.74. The van der Waals surface area contributed by atoms with Crippen LogP contribution < -0.4 is 5.32 Å². The van der Waals surface area contributed by atoms with Crippen LogP contribution in [0.2, 0.25) is 0 Å². The maximum atomic E-state index is 11.7. The minimum absolute atomic E-state index is 0.230. The topological polar surface area (TPSA) is 104 Å². The minimum Gasteiger partial charge on any atom is -0.481 e. The van der Waals surface area contributed by atoms with Gasteiger partial charge in [-0.1, -0.05) is 63.3 Å². The molecule has 160 valence electrons. The number of carboxylic acid groups (broad SMARTS) is 2. The molecule has 0 radical (unpaired) electrons. The minimum atomic E-state index is -1.36. The Morgan fingerprint density at radius 1 is 0.821 bits per heavy atom. The SMILES string of the molecule is CCCCC/C=C/C/C=C/CCCCCCCC(=O)N[C@@H](CC(=O)O)C(=O)O. The third-order valence-electron chi connectivity index (χ3n) is 4.37. The van der Waals surface area contributed by atoms with Gasteiger partial charge in [-0.2, -0.15) is 0 Å². The van der Waals surface area contributed by atoms with E-state index >= 15 is 0 Å². The highest BCUT2D eigenvalue weighted by molar-refractivity contribution is 5.86. The summed E-state index contributed by atoms with van der Waals surface area (Å²) < 4.78 is 0. The summed E-state index contributed by atoms with van der Waals surface area (Å²) in [6.45, 7) is 2.21. The van der Waals surface area contributed by atoms with Crippen LogP contribution in [0.4, 0.5) is 0 Å². The standard InChI is InChI=1S/C22H37NO5/c1-2-3-4-5-6-7-8-9-10-11-12-13-14-15-16-17-20(24)23-19(22(27)28)18-21(25)26/h6-7,9-10,19H,2-5,8,11-18H2,1H3,(H,23,24)(H,25,26)(H,27,28)/b7-6+,10-9+/t19-/m0/s1. The molecule has 0 aromatic rings. The van der Waals surface area contributed by atoms with Gasteiger partial charge in [-0.25, -0.2) is 4.79 Å². The number of hydrogen-bond acceptors (Lipinski definition) is 3. The molecule has 0 heterocycles. The van der Waals surface area contributed by atoms with Crippen LogP contribution in [0, 0.1) is 0 Å². The zero-order valence-electron chi connectivity index (χ0n) is 17.2. The molecule has 0 fully saturated rings. The first-order valence-corrected chi connectivity index (χ1v) is 10.5. The molecular formula is C22H37NO5. The van der Waals surface area contributed by atoms with E-state index in [0.717, 1.165) is 38.5 Å². The van der Waals surface area contributed by atoms with Gasteiger partial charge in [-0.05, 0) is 38.5 Å². The van der Waals surface area contributed by atoms with E-state index in [-0.39, 0.29) is 6.42 Å². The largest absolute Gasteiger partial charge is 0.481 e. The lowest BCUT2D eigenvalue weighted by Gasteiger charge is -2.12. The lowest BCUT2D eigenvalue weighted by molar-refractivity contribution is -0.147. The van der Waals surface area contributed by atoms with Crippen LogP contribution in [0.5, 0.6) is 0 Å². The molecule has 1 amide bonds. The van der Waals surface area contributed by atoms with Gasteiger partial charge in [-0.15, -0.1) is 0 Å². The highest BCUT2D eigenvalue weighted by atomic mass is 16.4. The van der Waals surface area contributed by atoms with Gasteiger partial charge >= 0.3 is 11.9 Å². The smallest absolute Gasteiger partial charge is 0.326 e. The van der Waals surface area contributed by atoms with Gasteiger partial charge in [0.2, 0.25) is 5.91 Å². The summed E-state index contributed by atoms with van der Waals surface area (Å²) in [5, 5.41) is 19.8. The summed E-state index contributed by atoms with van der Waals surface area (Å²) in [5.74, 6) is -2.97. The molecule has 0 bridgehead atoms. The Bertz CT molecular complexity index is 499. The summed E-state index contributed by atoms with van der Waals surface area (Å²) in [6, 6.07) is -1.36. The number of rotatable bonds is 18. The Labute approximate surface area is 169 Å². The first-order valence-electron chi connectivity index (χ1n) is 10.5. The molecule has 28 heavy (non-hydrogen) atoms. The molecule has 0 aliphatic rings. The maximum absolute atomic E-state index is 11.7. The molecular weight excluding hydrogens is 358 g/mol. The van der Waals surface area contributed by atoms with E-state index in [1.807, 2.05) is 0 Å². The molecule has 6 heteroatoms. The van der Waals surface area contributed by atoms with Gasteiger partial charge in [0.1, 0.15) is 6.04 Å². The predicted molar refractivity (Wildman–Crippen MR) is 111 cm³/mol. The van der Waals surface area contributed by atoms with Gasteiger partial charge in [0.05, 0.1) is 6.42 Å². The zero-order chi connectivity index (χ0) is 21.0. The van der Waals surface area contributed by atoms with Crippen molar-refractivity contribution >= 4 is 17.8 Å². The Balaban J connectivity index is 3.58. The number of aliphatic carboxylic acids is 2. The Morgan fingerprint density at radius 3 is 1.96 bits per heavy atom. The van der Waals surface area contributed by atoms with Crippen molar-refractivity contribution in [2.24, 2.45) is 0 Å². The highest BCUT2D eigenvalue weighted by Gasteiger charge is 2.22. The molecule has 0 aliphatic carbocycles. The summed E-state index contributed by atoms with van der Waals surface area (Å²) in [6.07, 6.45) is 20.5. The van der Waals surface area contributed by atoms with Gasteiger partial charge < -0.3 is 15.5 Å². The monoisotopic (exact) mass is 395 g/mol. The number of amides is 1. The van der Waals surface area contributed by atoms with Crippen molar-refractivity contribution in [3.8, 4) is 0 Å². The maximum Gasteiger partial charge on any atom is 0.326 e. The van der Waals surface area contributed by atoms with E-state index in [2.05, 4.69) is 36.5 Å². The number of carboxylic acids is 2. The van der Waals surface area contributed by atoms with Crippen LogP contribution in [-0.2, 0) is 14.4 Å². The van der Waals surface area contributed by atoms with Crippen LogP contribution in [0.25, 0.3) is 0 Å². The number of carbonyl (C=O) groups excluding carboxylic acids is 1. The molecule has 0 unspecified atom stereocenters. The van der Waals surface area contributed by atoms with Crippen molar-refractivity contribution in [1.29, 1.82) is 0 Å². The quantitative estimate of drug-likeness (QED) is 0.227. The first kappa shape index (κ1) is 25.9. The Kier molecular flexibility index (Phi) is 16.9. The molecule has 0 aromatic heterocycles. The average Bonchev–Trinajstić information content (AvgIpc) is 2.64. The number of unbranched alkanes of at least 4 members (excludes halogenated alkanes) is 8. The van der Waals surface area contributed by atoms with Crippen LogP contribution in [0.15, 0.2) is 24.3 Å². The van der Waals surface area contributed by atoms with Gasteiger partial charge in [0.15, 0.2) is 0 Å². The molecule has 3 N–H and O–H groups in total. The summed E-state index contributed by atoms with van der Waals surface area (Å²) in [5.41, 5.74) is 0. The molecule has 0 rings (SSSR count). The number of nitrogens with one attached hydrogen (secondary N) is 1. The normalized spacial score (nSPS) is 12.5. The fraction of sp³-hybridized carbons (Fsp3) is 0.682. The summed E-state index contributed by atoms with van der Waals surface area (Å²) in [7, 11) is 0. The van der Waals surface area contributed by atoms with Crippen molar-refractivity contribution in [1.82, 2.24) is 5.32 Å². The molecule has 0 saturated heterocycles. The highest BCUT2D eigenvalue weighted by Crippen LogP contribution is 2.08. The van der Waals surface area contributed by atoms with Crippen molar-refractivity contribution in [2.45, 2.75) is 96.4 Å². The molecule has 0 spiro atoms. The van der Waals surface area contributed by atoms with Crippen LogP contribution >= 0.6 is 0 Å². The third kappa shape index (κ3) is 17.3. The van der Waals surface area contributed by atoms with Crippen LogP contribution in [-0.4, -0.2) is 34.1 Å². The van der Waals surface area contributed by atoms with E-state index in [4.69, 9.17) is 10.2 Å². The number of hydrogen-bond donors (Lipinski definition) is 3. The summed E-state index contributed by atoms with van der Waals surface area (Å²) >= 11 is 0. The fourth-order valence-electron chi connectivity index (χ4n) is 2.74. The molecule has 1 atom stereocenters. The molecule has 0 aliphatic heterocycles. The van der Waals surface area contributed by atoms with Crippen molar-refractivity contribution < 1.29 is 24.6 Å². The second-order valence-electron chi connectivity index (χ2n) is 7.04. The van der Waals surface area contributed by atoms with E-state index in [1.165, 1.54) is 25.7 Å². The average molecular weight is 396 g/mol. The zero-order valence-corrected chi connectivity index (χ0v) is 17.2. The predicted octanol–water partition coefficient (Wildman–Crippen LogP) is 4.84. The second-order valence-corrected chi connectivity index (χ2v) is 7.04. The van der Waals surface area contributed by atoms with E-state index in [0.29, 0.717) is 6.42 Å². The van der Waals surface area contributed by atoms with Gasteiger partial charge in [0.25, 0.3) is 0 Å². The van der Waals surface area contributed by atoms with E-state index in [1.54, 1.807) is 0 Å². The van der Waals surface area contributed by atoms with Crippen molar-refractivity contribution in [2.75, 3.05) is 0 Å². The lowest BCUT2D eigenvalue weighted by Crippen LogP contribution is -2.42.